The highest BCUT2D eigenvalue weighted by Gasteiger charge is 2.11. The van der Waals surface area contributed by atoms with Crippen LogP contribution in [0, 0.1) is 6.92 Å². The number of methoxy groups -OCH3 is 1. The number of nitrogens with one attached hydrogen (secondary N) is 2. The lowest BCUT2D eigenvalue weighted by Crippen LogP contribution is -2.14. The molecule has 0 saturated carbocycles. The lowest BCUT2D eigenvalue weighted by atomic mass is 10.1. The molecule has 32 heavy (non-hydrogen) atoms. The van der Waals surface area contributed by atoms with Crippen LogP contribution in [0.25, 0.3) is 10.2 Å². The number of rotatable bonds is 7. The van der Waals surface area contributed by atoms with Crippen LogP contribution in [0.4, 0.5) is 10.8 Å². The summed E-state index contributed by atoms with van der Waals surface area (Å²) in [4.78, 5) is 30.1. The van der Waals surface area contributed by atoms with Gasteiger partial charge in [0.2, 0.25) is 5.91 Å². The van der Waals surface area contributed by atoms with Crippen molar-refractivity contribution >= 4 is 55.9 Å². The zero-order valence-corrected chi connectivity index (χ0v) is 19.2. The van der Waals surface area contributed by atoms with Crippen LogP contribution in [-0.4, -0.2) is 29.7 Å². The summed E-state index contributed by atoms with van der Waals surface area (Å²) >= 11 is 2.83. The Morgan fingerprint density at radius 2 is 1.81 bits per heavy atom. The molecule has 4 rings (SSSR count). The van der Waals surface area contributed by atoms with E-state index in [0.29, 0.717) is 16.4 Å². The number of amides is 2. The number of thiazole rings is 1. The smallest absolute Gasteiger partial charge is 0.255 e. The summed E-state index contributed by atoms with van der Waals surface area (Å²) in [6, 6.07) is 20.5. The highest BCUT2D eigenvalue weighted by atomic mass is 32.2. The Labute approximate surface area is 194 Å². The van der Waals surface area contributed by atoms with E-state index in [1.54, 1.807) is 13.2 Å². The number of carbonyl (C=O) groups is 2. The fourth-order valence-electron chi connectivity index (χ4n) is 3.05. The van der Waals surface area contributed by atoms with Gasteiger partial charge in [0.05, 0.1) is 23.1 Å². The molecule has 0 spiro atoms. The standard InChI is InChI=1S/C24H21N3O3S2/c1-15-5-3-4-6-19(15)23(29)25-16-7-10-18(11-8-16)31-14-22(28)27-24-26-20-12-9-17(30-2)13-21(20)32-24/h3-13H,14H2,1-2H3,(H,25,29)(H,26,27,28). The van der Waals surface area contributed by atoms with Crippen molar-refractivity contribution in [2.24, 2.45) is 0 Å². The number of hydrogen-bond acceptors (Lipinski definition) is 6. The van der Waals surface area contributed by atoms with Crippen molar-refractivity contribution in [3.05, 3.63) is 77.9 Å². The van der Waals surface area contributed by atoms with Crippen molar-refractivity contribution in [2.45, 2.75) is 11.8 Å². The van der Waals surface area contributed by atoms with Gasteiger partial charge < -0.3 is 15.4 Å². The maximum absolute atomic E-state index is 12.4. The second-order valence-corrected chi connectivity index (χ2v) is 9.06. The number of carbonyl (C=O) groups excluding carboxylic acids is 2. The van der Waals surface area contributed by atoms with Gasteiger partial charge in [-0.15, -0.1) is 11.8 Å². The fourth-order valence-corrected chi connectivity index (χ4v) is 4.66. The first kappa shape index (κ1) is 21.9. The SMILES string of the molecule is COc1ccc2nc(NC(=O)CSc3ccc(NC(=O)c4ccccc4C)cc3)sc2c1. The molecule has 162 valence electrons. The van der Waals surface area contributed by atoms with Gasteiger partial charge >= 0.3 is 0 Å². The molecule has 0 aliphatic heterocycles. The molecule has 0 aliphatic carbocycles. The molecule has 6 nitrogen and oxygen atoms in total. The van der Waals surface area contributed by atoms with Crippen LogP contribution in [0.2, 0.25) is 0 Å². The minimum atomic E-state index is -0.142. The van der Waals surface area contributed by atoms with Crippen molar-refractivity contribution in [3.8, 4) is 5.75 Å². The summed E-state index contributed by atoms with van der Waals surface area (Å²) in [5, 5.41) is 6.31. The van der Waals surface area contributed by atoms with Crippen LogP contribution < -0.4 is 15.4 Å². The van der Waals surface area contributed by atoms with Crippen molar-refractivity contribution < 1.29 is 14.3 Å². The highest BCUT2D eigenvalue weighted by molar-refractivity contribution is 8.00. The number of aromatic nitrogens is 1. The minimum absolute atomic E-state index is 0.127. The number of nitrogens with zero attached hydrogens (tertiary/aromatic N) is 1. The molecule has 0 fully saturated rings. The predicted octanol–water partition coefficient (Wildman–Crippen LogP) is 5.60. The molecule has 0 atom stereocenters. The predicted molar refractivity (Wildman–Crippen MR) is 131 cm³/mol. The molecule has 0 unspecified atom stereocenters. The van der Waals surface area contributed by atoms with Gasteiger partial charge in [0.1, 0.15) is 5.75 Å². The third-order valence-corrected chi connectivity index (χ3v) is 6.66. The Kier molecular flexibility index (Phi) is 6.72. The van der Waals surface area contributed by atoms with E-state index in [-0.39, 0.29) is 17.6 Å². The summed E-state index contributed by atoms with van der Waals surface area (Å²) in [5.74, 6) is 0.746. The fraction of sp³-hybridized carbons (Fsp3) is 0.125. The zero-order valence-electron chi connectivity index (χ0n) is 17.5. The molecule has 0 saturated heterocycles. The second kappa shape index (κ2) is 9.84. The van der Waals surface area contributed by atoms with Crippen molar-refractivity contribution in [1.82, 2.24) is 4.98 Å². The van der Waals surface area contributed by atoms with Crippen LogP contribution in [-0.2, 0) is 4.79 Å². The molecule has 3 aromatic carbocycles. The quantitative estimate of drug-likeness (QED) is 0.349. The summed E-state index contributed by atoms with van der Waals surface area (Å²) in [6.45, 7) is 1.91. The Bertz CT molecular complexity index is 1270. The van der Waals surface area contributed by atoms with E-state index < -0.39 is 0 Å². The largest absolute Gasteiger partial charge is 0.497 e. The van der Waals surface area contributed by atoms with Crippen LogP contribution >= 0.6 is 23.1 Å². The van der Waals surface area contributed by atoms with E-state index in [4.69, 9.17) is 4.74 Å². The van der Waals surface area contributed by atoms with Crippen molar-refractivity contribution in [3.63, 3.8) is 0 Å². The molecular weight excluding hydrogens is 442 g/mol. The number of aryl methyl sites for hydroxylation is 1. The minimum Gasteiger partial charge on any atom is -0.497 e. The normalized spacial score (nSPS) is 10.7. The molecule has 0 bridgehead atoms. The van der Waals surface area contributed by atoms with E-state index in [0.717, 1.165) is 26.4 Å². The molecule has 2 amide bonds. The van der Waals surface area contributed by atoms with Crippen LogP contribution in [0.5, 0.6) is 5.75 Å². The average Bonchev–Trinajstić information content (AvgIpc) is 3.20. The summed E-state index contributed by atoms with van der Waals surface area (Å²) in [6.07, 6.45) is 0. The van der Waals surface area contributed by atoms with Crippen LogP contribution in [0.3, 0.4) is 0 Å². The number of anilines is 2. The maximum Gasteiger partial charge on any atom is 0.255 e. The first-order valence-electron chi connectivity index (χ1n) is 9.86. The Hall–Kier alpha value is -3.36. The van der Waals surface area contributed by atoms with E-state index >= 15 is 0 Å². The van der Waals surface area contributed by atoms with Gasteiger partial charge in [-0.25, -0.2) is 4.98 Å². The van der Waals surface area contributed by atoms with Crippen LogP contribution in [0.15, 0.2) is 71.6 Å². The monoisotopic (exact) mass is 463 g/mol. The number of benzene rings is 3. The van der Waals surface area contributed by atoms with Crippen molar-refractivity contribution in [2.75, 3.05) is 23.5 Å². The molecule has 0 aliphatic rings. The van der Waals surface area contributed by atoms with Gasteiger partial charge in [-0.2, -0.15) is 0 Å². The van der Waals surface area contributed by atoms with Gasteiger partial charge in [-0.3, -0.25) is 9.59 Å². The Morgan fingerprint density at radius 1 is 1.03 bits per heavy atom. The summed E-state index contributed by atoms with van der Waals surface area (Å²) in [7, 11) is 1.62. The zero-order chi connectivity index (χ0) is 22.5. The lowest BCUT2D eigenvalue weighted by Gasteiger charge is -2.08. The van der Waals surface area contributed by atoms with Gasteiger partial charge in [0.25, 0.3) is 5.91 Å². The third-order valence-electron chi connectivity index (χ3n) is 4.71. The number of ether oxygens (including phenoxy) is 1. The summed E-state index contributed by atoms with van der Waals surface area (Å²) < 4.78 is 6.18. The Balaban J connectivity index is 1.30. The van der Waals surface area contributed by atoms with Gasteiger partial charge in [0.15, 0.2) is 5.13 Å². The first-order chi connectivity index (χ1) is 15.5. The second-order valence-electron chi connectivity index (χ2n) is 6.98. The van der Waals surface area contributed by atoms with Crippen molar-refractivity contribution in [1.29, 1.82) is 0 Å². The molecule has 1 aromatic heterocycles. The molecule has 4 aromatic rings. The van der Waals surface area contributed by atoms with Gasteiger partial charge in [-0.05, 0) is 61.0 Å². The molecule has 0 radical (unpaired) electrons. The van der Waals surface area contributed by atoms with E-state index in [1.165, 1.54) is 23.1 Å². The third kappa shape index (κ3) is 5.27. The summed E-state index contributed by atoms with van der Waals surface area (Å²) in [5.41, 5.74) is 3.10. The topological polar surface area (TPSA) is 80.3 Å². The average molecular weight is 464 g/mol. The lowest BCUT2D eigenvalue weighted by molar-refractivity contribution is -0.113. The van der Waals surface area contributed by atoms with Crippen LogP contribution in [0.1, 0.15) is 15.9 Å². The van der Waals surface area contributed by atoms with Gasteiger partial charge in [-0.1, -0.05) is 29.5 Å². The van der Waals surface area contributed by atoms with E-state index in [2.05, 4.69) is 15.6 Å². The molecule has 8 heteroatoms. The highest BCUT2D eigenvalue weighted by Crippen LogP contribution is 2.29. The molecule has 1 heterocycles. The number of fused-ring (bicyclic) bond motifs is 1. The molecule has 2 N–H and O–H groups in total. The van der Waals surface area contributed by atoms with Gasteiger partial charge in [0, 0.05) is 16.1 Å². The Morgan fingerprint density at radius 3 is 2.56 bits per heavy atom. The number of hydrogen-bond donors (Lipinski definition) is 2. The first-order valence-corrected chi connectivity index (χ1v) is 11.7. The number of thioether (sulfide) groups is 1. The van der Waals surface area contributed by atoms with E-state index in [1.807, 2.05) is 67.6 Å². The molecular formula is C24H21N3O3S2. The van der Waals surface area contributed by atoms with E-state index in [9.17, 15) is 9.59 Å². The maximum atomic E-state index is 12.4.